The van der Waals surface area contributed by atoms with E-state index in [4.69, 9.17) is 0 Å². The van der Waals surface area contributed by atoms with Crippen LogP contribution in [0.25, 0.3) is 11.1 Å². The van der Waals surface area contributed by atoms with Crippen molar-refractivity contribution in [1.29, 1.82) is 0 Å². The zero-order valence-electron chi connectivity index (χ0n) is 8.92. The summed E-state index contributed by atoms with van der Waals surface area (Å²) in [7, 11) is 0. The molecule has 1 aliphatic rings. The van der Waals surface area contributed by atoms with Gasteiger partial charge in [-0.15, -0.1) is 0 Å². The van der Waals surface area contributed by atoms with Gasteiger partial charge in [0.2, 0.25) is 0 Å². The second kappa shape index (κ2) is 3.35. The zero-order chi connectivity index (χ0) is 12.0. The predicted molar refractivity (Wildman–Crippen MR) is 63.1 cm³/mol. The first-order valence-corrected chi connectivity index (χ1v) is 5.33. The normalized spacial score (nSPS) is 16.4. The number of phenols is 2. The molecule has 2 N–H and O–H groups in total. The third kappa shape index (κ3) is 1.19. The summed E-state index contributed by atoms with van der Waals surface area (Å²) in [5.74, 6) is -0.669. The molecular formula is C14H10O3. The number of aldehydes is 1. The second-order valence-corrected chi connectivity index (χ2v) is 4.10. The van der Waals surface area contributed by atoms with Crippen molar-refractivity contribution < 1.29 is 15.0 Å². The minimum absolute atomic E-state index is 0.153. The number of hydrogen-bond acceptors (Lipinski definition) is 3. The van der Waals surface area contributed by atoms with Gasteiger partial charge in [-0.05, 0) is 22.8 Å². The van der Waals surface area contributed by atoms with Crippen molar-refractivity contribution in [1.82, 2.24) is 0 Å². The fraction of sp³-hybridized carbons (Fsp3) is 0.0714. The average molecular weight is 226 g/mol. The minimum atomic E-state index is -0.354. The molecule has 0 fully saturated rings. The molecule has 1 atom stereocenters. The number of phenolic OH excluding ortho intramolecular Hbond substituents is 2. The van der Waals surface area contributed by atoms with E-state index in [1.165, 1.54) is 6.07 Å². The van der Waals surface area contributed by atoms with Crippen LogP contribution in [-0.4, -0.2) is 16.5 Å². The molecule has 2 aromatic rings. The van der Waals surface area contributed by atoms with E-state index in [0.29, 0.717) is 5.56 Å². The summed E-state index contributed by atoms with van der Waals surface area (Å²) in [5, 5.41) is 19.4. The maximum absolute atomic E-state index is 11.2. The summed E-state index contributed by atoms with van der Waals surface area (Å²) in [6.45, 7) is 0. The molecule has 0 aliphatic heterocycles. The molecule has 3 rings (SSSR count). The number of carbonyl (C=O) groups is 1. The van der Waals surface area contributed by atoms with Gasteiger partial charge in [0.25, 0.3) is 0 Å². The Bertz CT molecular complexity index is 617. The summed E-state index contributed by atoms with van der Waals surface area (Å²) in [4.78, 5) is 11.2. The first-order valence-electron chi connectivity index (χ1n) is 5.33. The van der Waals surface area contributed by atoms with E-state index in [0.717, 1.165) is 23.0 Å². The smallest absolute Gasteiger partial charge is 0.165 e. The van der Waals surface area contributed by atoms with Crippen LogP contribution in [0.15, 0.2) is 36.4 Å². The molecule has 3 heteroatoms. The number of aromatic hydroxyl groups is 2. The van der Waals surface area contributed by atoms with Gasteiger partial charge in [0, 0.05) is 5.56 Å². The van der Waals surface area contributed by atoms with Gasteiger partial charge in [-0.1, -0.05) is 30.3 Å². The second-order valence-electron chi connectivity index (χ2n) is 4.10. The zero-order valence-corrected chi connectivity index (χ0v) is 8.92. The Labute approximate surface area is 98.0 Å². The lowest BCUT2D eigenvalue weighted by Crippen LogP contribution is -1.96. The average Bonchev–Trinajstić information content (AvgIpc) is 2.68. The fourth-order valence-corrected chi connectivity index (χ4v) is 2.45. The molecule has 2 aromatic carbocycles. The maximum atomic E-state index is 11.2. The lowest BCUT2D eigenvalue weighted by atomic mass is 9.99. The molecule has 0 radical (unpaired) electrons. The van der Waals surface area contributed by atoms with Crippen molar-refractivity contribution in [3.05, 3.63) is 47.5 Å². The standard InChI is InChI=1S/C14H10O3/c15-7-11-8-3-1-2-4-9(8)13-10(11)5-6-12(16)14(13)17/h1-7,11,16-17H. The van der Waals surface area contributed by atoms with Crippen LogP contribution < -0.4 is 0 Å². The van der Waals surface area contributed by atoms with E-state index < -0.39 is 0 Å². The Hall–Kier alpha value is -2.29. The number of hydrogen-bond donors (Lipinski definition) is 2. The van der Waals surface area contributed by atoms with Crippen LogP contribution in [0.5, 0.6) is 11.5 Å². The SMILES string of the molecule is O=CC1c2ccccc2-c2c1ccc(O)c2O. The first-order chi connectivity index (χ1) is 8.24. The number of carbonyl (C=O) groups excluding carboxylic acids is 1. The van der Waals surface area contributed by atoms with E-state index in [1.807, 2.05) is 24.3 Å². The van der Waals surface area contributed by atoms with Crippen LogP contribution >= 0.6 is 0 Å². The van der Waals surface area contributed by atoms with E-state index >= 15 is 0 Å². The molecule has 1 aliphatic carbocycles. The first kappa shape index (κ1) is 9.90. The van der Waals surface area contributed by atoms with Gasteiger partial charge in [0.15, 0.2) is 11.5 Å². The highest BCUT2D eigenvalue weighted by molar-refractivity contribution is 5.91. The Kier molecular flexibility index (Phi) is 1.95. The molecule has 17 heavy (non-hydrogen) atoms. The molecule has 0 bridgehead atoms. The molecule has 0 amide bonds. The van der Waals surface area contributed by atoms with Crippen LogP contribution in [0, 0.1) is 0 Å². The third-order valence-corrected chi connectivity index (χ3v) is 3.23. The quantitative estimate of drug-likeness (QED) is 0.580. The summed E-state index contributed by atoms with van der Waals surface area (Å²) in [5.41, 5.74) is 3.00. The fourth-order valence-electron chi connectivity index (χ4n) is 2.45. The van der Waals surface area contributed by atoms with Crippen LogP contribution in [-0.2, 0) is 4.79 Å². The molecule has 84 valence electrons. The molecular weight excluding hydrogens is 216 g/mol. The predicted octanol–water partition coefficient (Wildman–Crippen LogP) is 2.41. The Morgan fingerprint density at radius 1 is 1.00 bits per heavy atom. The van der Waals surface area contributed by atoms with Gasteiger partial charge in [0.05, 0.1) is 5.92 Å². The van der Waals surface area contributed by atoms with E-state index in [9.17, 15) is 15.0 Å². The van der Waals surface area contributed by atoms with Crippen LogP contribution in [0.2, 0.25) is 0 Å². The largest absolute Gasteiger partial charge is 0.504 e. The minimum Gasteiger partial charge on any atom is -0.504 e. The van der Waals surface area contributed by atoms with Crippen LogP contribution in [0.4, 0.5) is 0 Å². The van der Waals surface area contributed by atoms with Crippen molar-refractivity contribution in [2.75, 3.05) is 0 Å². The highest BCUT2D eigenvalue weighted by Crippen LogP contribution is 2.50. The number of fused-ring (bicyclic) bond motifs is 3. The highest BCUT2D eigenvalue weighted by Gasteiger charge is 2.31. The van der Waals surface area contributed by atoms with Crippen LogP contribution in [0.3, 0.4) is 0 Å². The van der Waals surface area contributed by atoms with Crippen molar-refractivity contribution in [3.63, 3.8) is 0 Å². The van der Waals surface area contributed by atoms with E-state index in [1.54, 1.807) is 6.07 Å². The Balaban J connectivity index is 2.40. The Morgan fingerprint density at radius 3 is 2.53 bits per heavy atom. The molecule has 0 heterocycles. The van der Waals surface area contributed by atoms with Gasteiger partial charge >= 0.3 is 0 Å². The van der Waals surface area contributed by atoms with Gasteiger partial charge < -0.3 is 15.0 Å². The van der Waals surface area contributed by atoms with Crippen molar-refractivity contribution >= 4 is 6.29 Å². The summed E-state index contributed by atoms with van der Waals surface area (Å²) in [6.07, 6.45) is 0.862. The lowest BCUT2D eigenvalue weighted by molar-refractivity contribution is -0.108. The molecule has 3 nitrogen and oxygen atoms in total. The number of benzene rings is 2. The van der Waals surface area contributed by atoms with Gasteiger partial charge in [-0.2, -0.15) is 0 Å². The molecule has 0 spiro atoms. The third-order valence-electron chi connectivity index (χ3n) is 3.23. The van der Waals surface area contributed by atoms with Crippen molar-refractivity contribution in [2.24, 2.45) is 0 Å². The topological polar surface area (TPSA) is 57.5 Å². The molecule has 0 aromatic heterocycles. The summed E-state index contributed by atoms with van der Waals surface area (Å²) < 4.78 is 0. The number of rotatable bonds is 1. The van der Waals surface area contributed by atoms with Gasteiger partial charge in [0.1, 0.15) is 6.29 Å². The van der Waals surface area contributed by atoms with E-state index in [-0.39, 0.29) is 17.4 Å². The van der Waals surface area contributed by atoms with Gasteiger partial charge in [-0.25, -0.2) is 0 Å². The molecule has 0 saturated carbocycles. The van der Waals surface area contributed by atoms with Crippen LogP contribution in [0.1, 0.15) is 17.0 Å². The highest BCUT2D eigenvalue weighted by atomic mass is 16.3. The lowest BCUT2D eigenvalue weighted by Gasteiger charge is -2.06. The summed E-state index contributed by atoms with van der Waals surface area (Å²) in [6, 6.07) is 10.5. The van der Waals surface area contributed by atoms with E-state index in [2.05, 4.69) is 0 Å². The van der Waals surface area contributed by atoms with Crippen molar-refractivity contribution in [3.8, 4) is 22.6 Å². The maximum Gasteiger partial charge on any atom is 0.165 e. The Morgan fingerprint density at radius 2 is 1.76 bits per heavy atom. The van der Waals surface area contributed by atoms with Crippen molar-refractivity contribution in [2.45, 2.75) is 5.92 Å². The molecule has 0 saturated heterocycles. The summed E-state index contributed by atoms with van der Waals surface area (Å²) >= 11 is 0. The monoisotopic (exact) mass is 226 g/mol. The molecule has 1 unspecified atom stereocenters. The van der Waals surface area contributed by atoms with Gasteiger partial charge in [-0.3, -0.25) is 0 Å².